The number of nitrogens with two attached hydrogens (primary N) is 1. The van der Waals surface area contributed by atoms with Crippen LogP contribution in [0.25, 0.3) is 0 Å². The molecule has 0 radical (unpaired) electrons. The molecule has 0 spiro atoms. The normalized spacial score (nSPS) is 8.58. The Hall–Kier alpha value is -1.91. The Labute approximate surface area is 69.9 Å². The van der Waals surface area contributed by atoms with Gasteiger partial charge in [-0.3, -0.25) is 0 Å². The van der Waals surface area contributed by atoms with E-state index in [-0.39, 0.29) is 17.8 Å². The molecule has 58 valence electrons. The van der Waals surface area contributed by atoms with E-state index in [1.54, 1.807) is 12.1 Å². The summed E-state index contributed by atoms with van der Waals surface area (Å²) in [4.78, 5) is 3.87. The van der Waals surface area contributed by atoms with E-state index < -0.39 is 0 Å². The fourth-order valence-corrected chi connectivity index (χ4v) is 0.789. The van der Waals surface area contributed by atoms with Crippen molar-refractivity contribution in [2.45, 2.75) is 6.54 Å². The first kappa shape index (κ1) is 8.19. The van der Waals surface area contributed by atoms with Crippen LogP contribution in [0, 0.1) is 22.7 Å². The van der Waals surface area contributed by atoms with Gasteiger partial charge in [0.2, 0.25) is 0 Å². The van der Waals surface area contributed by atoms with Gasteiger partial charge in [-0.1, -0.05) is 0 Å². The molecule has 12 heavy (non-hydrogen) atoms. The third-order valence-corrected chi connectivity index (χ3v) is 1.39. The summed E-state index contributed by atoms with van der Waals surface area (Å²) in [5.41, 5.74) is 6.35. The maximum absolute atomic E-state index is 8.57. The molecule has 1 heterocycles. The molecule has 0 unspecified atom stereocenters. The van der Waals surface area contributed by atoms with Crippen molar-refractivity contribution in [3.8, 4) is 12.1 Å². The highest BCUT2D eigenvalue weighted by Gasteiger charge is 2.02. The van der Waals surface area contributed by atoms with E-state index in [0.29, 0.717) is 5.69 Å². The molecule has 0 saturated heterocycles. The van der Waals surface area contributed by atoms with E-state index in [4.69, 9.17) is 16.3 Å². The smallest absolute Gasteiger partial charge is 0.158 e. The summed E-state index contributed by atoms with van der Waals surface area (Å²) in [7, 11) is 0. The topological polar surface area (TPSA) is 86.5 Å². The molecule has 0 aromatic carbocycles. The van der Waals surface area contributed by atoms with Crippen molar-refractivity contribution >= 4 is 0 Å². The monoisotopic (exact) mass is 158 g/mol. The van der Waals surface area contributed by atoms with Crippen molar-refractivity contribution in [3.05, 3.63) is 29.1 Å². The summed E-state index contributed by atoms with van der Waals surface area (Å²) in [5, 5.41) is 17.1. The van der Waals surface area contributed by atoms with Crippen molar-refractivity contribution in [1.82, 2.24) is 4.98 Å². The second kappa shape index (κ2) is 3.47. The van der Waals surface area contributed by atoms with Gasteiger partial charge < -0.3 is 5.73 Å². The number of nitrogens with zero attached hydrogens (tertiary/aromatic N) is 3. The molecule has 0 atom stereocenters. The van der Waals surface area contributed by atoms with Crippen LogP contribution in [0.3, 0.4) is 0 Å². The lowest BCUT2D eigenvalue weighted by Gasteiger charge is -1.96. The number of hydrogen-bond donors (Lipinski definition) is 1. The molecule has 0 bridgehead atoms. The second-order valence-corrected chi connectivity index (χ2v) is 2.13. The van der Waals surface area contributed by atoms with E-state index in [0.717, 1.165) is 0 Å². The average Bonchev–Trinajstić information content (AvgIpc) is 2.16. The average molecular weight is 158 g/mol. The van der Waals surface area contributed by atoms with E-state index in [1.165, 1.54) is 0 Å². The zero-order valence-electron chi connectivity index (χ0n) is 6.28. The second-order valence-electron chi connectivity index (χ2n) is 2.13. The third kappa shape index (κ3) is 1.39. The number of nitriles is 2. The molecule has 1 rings (SSSR count). The van der Waals surface area contributed by atoms with Crippen LogP contribution in [-0.2, 0) is 6.54 Å². The molecule has 1 aromatic heterocycles. The molecule has 0 fully saturated rings. The fraction of sp³-hybridized carbons (Fsp3) is 0.125. The van der Waals surface area contributed by atoms with Gasteiger partial charge in [0.05, 0.1) is 11.3 Å². The predicted octanol–water partition coefficient (Wildman–Crippen LogP) is 0.284. The van der Waals surface area contributed by atoms with E-state index in [1.807, 2.05) is 12.1 Å². The maximum Gasteiger partial charge on any atom is 0.158 e. The van der Waals surface area contributed by atoms with E-state index in [9.17, 15) is 0 Å². The highest BCUT2D eigenvalue weighted by Crippen LogP contribution is 2.04. The molecule has 1 aromatic rings. The van der Waals surface area contributed by atoms with Crippen molar-refractivity contribution in [2.24, 2.45) is 5.73 Å². The molecule has 2 N–H and O–H groups in total. The van der Waals surface area contributed by atoms with Crippen molar-refractivity contribution in [2.75, 3.05) is 0 Å². The lowest BCUT2D eigenvalue weighted by Crippen LogP contribution is -2.01. The first-order valence-electron chi connectivity index (χ1n) is 3.32. The molecule has 0 aliphatic heterocycles. The van der Waals surface area contributed by atoms with Crippen molar-refractivity contribution in [1.29, 1.82) is 10.5 Å². The SMILES string of the molecule is N#Cc1ccc(CN)nc1C#N. The largest absolute Gasteiger partial charge is 0.325 e. The molecule has 4 nitrogen and oxygen atoms in total. The summed E-state index contributed by atoms with van der Waals surface area (Å²) in [5.74, 6) is 0. The Balaban J connectivity index is 3.25. The van der Waals surface area contributed by atoms with Gasteiger partial charge in [-0.05, 0) is 12.1 Å². The van der Waals surface area contributed by atoms with Gasteiger partial charge in [-0.2, -0.15) is 10.5 Å². The van der Waals surface area contributed by atoms with Crippen molar-refractivity contribution < 1.29 is 0 Å². The maximum atomic E-state index is 8.57. The van der Waals surface area contributed by atoms with Gasteiger partial charge in [0, 0.05) is 6.54 Å². The van der Waals surface area contributed by atoms with Gasteiger partial charge in [-0.15, -0.1) is 0 Å². The highest BCUT2D eigenvalue weighted by molar-refractivity contribution is 5.41. The zero-order chi connectivity index (χ0) is 8.97. The van der Waals surface area contributed by atoms with Crippen LogP contribution < -0.4 is 5.73 Å². The van der Waals surface area contributed by atoms with Gasteiger partial charge in [0.15, 0.2) is 5.69 Å². The number of hydrogen-bond acceptors (Lipinski definition) is 4. The molecule has 0 aliphatic rings. The van der Waals surface area contributed by atoms with Crippen LogP contribution in [0.4, 0.5) is 0 Å². The van der Waals surface area contributed by atoms with Crippen LogP contribution in [0.15, 0.2) is 12.1 Å². The molecule has 0 aliphatic carbocycles. The first-order valence-corrected chi connectivity index (χ1v) is 3.32. The summed E-state index contributed by atoms with van der Waals surface area (Å²) in [6, 6.07) is 6.89. The number of pyridine rings is 1. The van der Waals surface area contributed by atoms with Gasteiger partial charge >= 0.3 is 0 Å². The van der Waals surface area contributed by atoms with Crippen LogP contribution in [0.1, 0.15) is 17.0 Å². The van der Waals surface area contributed by atoms with Gasteiger partial charge in [0.25, 0.3) is 0 Å². The third-order valence-electron chi connectivity index (χ3n) is 1.39. The first-order chi connectivity index (χ1) is 5.81. The molecule has 0 amide bonds. The van der Waals surface area contributed by atoms with Gasteiger partial charge in [-0.25, -0.2) is 4.98 Å². The molecular formula is C8H6N4. The summed E-state index contributed by atoms with van der Waals surface area (Å²) < 4.78 is 0. The molecule has 4 heteroatoms. The van der Waals surface area contributed by atoms with E-state index in [2.05, 4.69) is 4.98 Å². The Kier molecular flexibility index (Phi) is 2.37. The minimum atomic E-state index is 0.139. The molecular weight excluding hydrogens is 152 g/mol. The summed E-state index contributed by atoms with van der Waals surface area (Å²) >= 11 is 0. The highest BCUT2D eigenvalue weighted by atomic mass is 14.7. The summed E-state index contributed by atoms with van der Waals surface area (Å²) in [6.07, 6.45) is 0. The number of aromatic nitrogens is 1. The summed E-state index contributed by atoms with van der Waals surface area (Å²) in [6.45, 7) is 0.278. The van der Waals surface area contributed by atoms with E-state index >= 15 is 0 Å². The minimum Gasteiger partial charge on any atom is -0.325 e. The van der Waals surface area contributed by atoms with Crippen LogP contribution in [0.5, 0.6) is 0 Å². The van der Waals surface area contributed by atoms with Crippen LogP contribution in [-0.4, -0.2) is 4.98 Å². The fourth-order valence-electron chi connectivity index (χ4n) is 0.789. The standard InChI is InChI=1S/C8H6N4/c9-3-6-1-2-7(4-10)12-8(6)5-11/h1-2H,4,10H2. The zero-order valence-corrected chi connectivity index (χ0v) is 6.28. The lowest BCUT2D eigenvalue weighted by molar-refractivity contribution is 0.979. The minimum absolute atomic E-state index is 0.139. The Morgan fingerprint density at radius 3 is 2.58 bits per heavy atom. The Bertz CT molecular complexity index is 370. The van der Waals surface area contributed by atoms with Crippen LogP contribution >= 0.6 is 0 Å². The quantitative estimate of drug-likeness (QED) is 0.636. The lowest BCUT2D eigenvalue weighted by atomic mass is 10.2. The predicted molar refractivity (Wildman–Crippen MR) is 41.6 cm³/mol. The Morgan fingerprint density at radius 2 is 2.08 bits per heavy atom. The van der Waals surface area contributed by atoms with Gasteiger partial charge in [0.1, 0.15) is 12.1 Å². The Morgan fingerprint density at radius 1 is 1.33 bits per heavy atom. The van der Waals surface area contributed by atoms with Crippen LogP contribution in [0.2, 0.25) is 0 Å². The number of rotatable bonds is 1. The molecule has 0 saturated carbocycles. The van der Waals surface area contributed by atoms with Crippen molar-refractivity contribution in [3.63, 3.8) is 0 Å².